The number of halogens is 1. The molecule has 1 aromatic rings. The van der Waals surface area contributed by atoms with Gasteiger partial charge in [-0.05, 0) is 57.4 Å². The number of rotatable bonds is 2. The summed E-state index contributed by atoms with van der Waals surface area (Å²) in [5.74, 6) is 0. The summed E-state index contributed by atoms with van der Waals surface area (Å²) in [6.45, 7) is 2.09. The van der Waals surface area contributed by atoms with Gasteiger partial charge in [0.15, 0.2) is 0 Å². The van der Waals surface area contributed by atoms with Crippen molar-refractivity contribution in [1.29, 1.82) is 0 Å². The van der Waals surface area contributed by atoms with Crippen molar-refractivity contribution in [2.75, 3.05) is 11.9 Å². The van der Waals surface area contributed by atoms with Crippen LogP contribution in [0.2, 0.25) is 5.02 Å². The van der Waals surface area contributed by atoms with Crippen molar-refractivity contribution in [2.24, 2.45) is 0 Å². The molecule has 0 aromatic heterocycles. The van der Waals surface area contributed by atoms with E-state index in [2.05, 4.69) is 42.4 Å². The summed E-state index contributed by atoms with van der Waals surface area (Å²) < 4.78 is 0. The Kier molecular flexibility index (Phi) is 3.25. The van der Waals surface area contributed by atoms with Gasteiger partial charge >= 0.3 is 0 Å². The van der Waals surface area contributed by atoms with Crippen LogP contribution < -0.4 is 10.2 Å². The minimum absolute atomic E-state index is 0.668. The Morgan fingerprint density at radius 2 is 1.89 bits per heavy atom. The molecule has 2 nitrogen and oxygen atoms in total. The molecule has 1 aromatic carbocycles. The van der Waals surface area contributed by atoms with Crippen molar-refractivity contribution >= 4 is 17.3 Å². The standard InChI is InChI=1S/C15H21ClN2/c1-10-3-6-15(14(16)7-10)18-12-4-5-13(18)9-11(8-12)17-2/h3,6-7,11-13,17H,4-5,8-9H2,1-2H3. The first kappa shape index (κ1) is 12.3. The molecule has 2 heterocycles. The third kappa shape index (κ3) is 2.02. The summed E-state index contributed by atoms with van der Waals surface area (Å²) in [7, 11) is 2.08. The van der Waals surface area contributed by atoms with E-state index in [0.717, 1.165) is 5.02 Å². The van der Waals surface area contributed by atoms with Crippen molar-refractivity contribution in [2.45, 2.75) is 50.7 Å². The average Bonchev–Trinajstić information content (AvgIpc) is 2.60. The van der Waals surface area contributed by atoms with Crippen LogP contribution in [-0.4, -0.2) is 25.2 Å². The maximum absolute atomic E-state index is 6.43. The number of hydrogen-bond donors (Lipinski definition) is 1. The van der Waals surface area contributed by atoms with E-state index < -0.39 is 0 Å². The number of piperidine rings is 1. The summed E-state index contributed by atoms with van der Waals surface area (Å²) in [5, 5.41) is 4.35. The van der Waals surface area contributed by atoms with Crippen LogP contribution in [0.25, 0.3) is 0 Å². The quantitative estimate of drug-likeness (QED) is 0.881. The highest BCUT2D eigenvalue weighted by molar-refractivity contribution is 6.33. The van der Waals surface area contributed by atoms with Gasteiger partial charge in [-0.2, -0.15) is 0 Å². The highest BCUT2D eigenvalue weighted by atomic mass is 35.5. The Labute approximate surface area is 114 Å². The molecule has 2 bridgehead atoms. The molecule has 1 N–H and O–H groups in total. The molecule has 2 aliphatic heterocycles. The first-order chi connectivity index (χ1) is 8.69. The van der Waals surface area contributed by atoms with Gasteiger partial charge in [0.05, 0.1) is 10.7 Å². The van der Waals surface area contributed by atoms with Crippen LogP contribution in [0.5, 0.6) is 0 Å². The van der Waals surface area contributed by atoms with Gasteiger partial charge in [0, 0.05) is 18.1 Å². The Hall–Kier alpha value is -0.730. The molecule has 3 heteroatoms. The molecule has 0 aliphatic carbocycles. The summed E-state index contributed by atoms with van der Waals surface area (Å²) in [5.41, 5.74) is 2.48. The first-order valence-corrected chi connectivity index (χ1v) is 7.28. The minimum atomic E-state index is 0.668. The van der Waals surface area contributed by atoms with Crippen molar-refractivity contribution in [3.63, 3.8) is 0 Å². The zero-order chi connectivity index (χ0) is 12.7. The van der Waals surface area contributed by atoms with E-state index in [1.165, 1.54) is 36.9 Å². The predicted molar refractivity (Wildman–Crippen MR) is 77.6 cm³/mol. The van der Waals surface area contributed by atoms with Crippen LogP contribution in [0.4, 0.5) is 5.69 Å². The van der Waals surface area contributed by atoms with Gasteiger partial charge < -0.3 is 10.2 Å². The van der Waals surface area contributed by atoms with Crippen LogP contribution in [0.3, 0.4) is 0 Å². The molecule has 2 unspecified atom stereocenters. The summed E-state index contributed by atoms with van der Waals surface area (Å²) in [6, 6.07) is 8.47. The van der Waals surface area contributed by atoms with Crippen LogP contribution in [0.1, 0.15) is 31.2 Å². The molecule has 0 saturated carbocycles. The Morgan fingerprint density at radius 3 is 2.44 bits per heavy atom. The van der Waals surface area contributed by atoms with Crippen LogP contribution >= 0.6 is 11.6 Å². The lowest BCUT2D eigenvalue weighted by molar-refractivity contribution is 0.374. The normalized spacial score (nSPS) is 30.8. The second kappa shape index (κ2) is 4.75. The highest BCUT2D eigenvalue weighted by Crippen LogP contribution is 2.42. The molecule has 98 valence electrons. The lowest BCUT2D eigenvalue weighted by Crippen LogP contribution is -2.48. The lowest BCUT2D eigenvalue weighted by Gasteiger charge is -2.41. The second-order valence-electron chi connectivity index (χ2n) is 5.70. The monoisotopic (exact) mass is 264 g/mol. The summed E-state index contributed by atoms with van der Waals surface area (Å²) in [4.78, 5) is 2.58. The van der Waals surface area contributed by atoms with Crippen LogP contribution in [-0.2, 0) is 0 Å². The lowest BCUT2D eigenvalue weighted by atomic mass is 9.96. The molecule has 0 radical (unpaired) electrons. The zero-order valence-corrected chi connectivity index (χ0v) is 11.9. The van der Waals surface area contributed by atoms with E-state index >= 15 is 0 Å². The number of benzene rings is 1. The zero-order valence-electron chi connectivity index (χ0n) is 11.1. The highest BCUT2D eigenvalue weighted by Gasteiger charge is 2.40. The number of fused-ring (bicyclic) bond motifs is 2. The fourth-order valence-electron chi connectivity index (χ4n) is 3.63. The number of hydrogen-bond acceptors (Lipinski definition) is 2. The molecular weight excluding hydrogens is 244 g/mol. The minimum Gasteiger partial charge on any atom is -0.364 e. The fourth-order valence-corrected chi connectivity index (χ4v) is 3.96. The number of anilines is 1. The van der Waals surface area contributed by atoms with E-state index in [0.29, 0.717) is 18.1 Å². The Morgan fingerprint density at radius 1 is 1.22 bits per heavy atom. The van der Waals surface area contributed by atoms with E-state index in [9.17, 15) is 0 Å². The molecule has 2 aliphatic rings. The molecule has 2 fully saturated rings. The first-order valence-electron chi connectivity index (χ1n) is 6.91. The van der Waals surface area contributed by atoms with E-state index in [1.54, 1.807) is 0 Å². The third-order valence-electron chi connectivity index (χ3n) is 4.52. The van der Waals surface area contributed by atoms with Gasteiger partial charge in [-0.1, -0.05) is 17.7 Å². The second-order valence-corrected chi connectivity index (χ2v) is 6.11. The van der Waals surface area contributed by atoms with E-state index in [4.69, 9.17) is 11.6 Å². The van der Waals surface area contributed by atoms with Gasteiger partial charge in [-0.15, -0.1) is 0 Å². The van der Waals surface area contributed by atoms with Crippen LogP contribution in [0, 0.1) is 6.92 Å². The number of nitrogens with zero attached hydrogens (tertiary/aromatic N) is 1. The molecule has 3 rings (SSSR count). The van der Waals surface area contributed by atoms with Gasteiger partial charge in [-0.25, -0.2) is 0 Å². The van der Waals surface area contributed by atoms with Gasteiger partial charge in [0.2, 0.25) is 0 Å². The predicted octanol–water partition coefficient (Wildman–Crippen LogP) is 3.37. The van der Waals surface area contributed by atoms with E-state index in [-0.39, 0.29) is 0 Å². The van der Waals surface area contributed by atoms with Crippen LogP contribution in [0.15, 0.2) is 18.2 Å². The Balaban J connectivity index is 1.89. The average molecular weight is 265 g/mol. The van der Waals surface area contributed by atoms with Gasteiger partial charge in [-0.3, -0.25) is 0 Å². The maximum atomic E-state index is 6.43. The summed E-state index contributed by atoms with van der Waals surface area (Å²) in [6.07, 6.45) is 5.12. The smallest absolute Gasteiger partial charge is 0.0642 e. The summed E-state index contributed by atoms with van der Waals surface area (Å²) >= 11 is 6.43. The molecular formula is C15H21ClN2. The SMILES string of the molecule is CNC1CC2CCC(C1)N2c1ccc(C)cc1Cl. The fraction of sp³-hybridized carbons (Fsp3) is 0.600. The molecule has 18 heavy (non-hydrogen) atoms. The Bertz CT molecular complexity index is 432. The van der Waals surface area contributed by atoms with Crippen molar-refractivity contribution < 1.29 is 0 Å². The van der Waals surface area contributed by atoms with Gasteiger partial charge in [0.25, 0.3) is 0 Å². The molecule has 2 saturated heterocycles. The third-order valence-corrected chi connectivity index (χ3v) is 4.83. The van der Waals surface area contributed by atoms with E-state index in [1.807, 2.05) is 0 Å². The molecule has 0 amide bonds. The van der Waals surface area contributed by atoms with Crippen molar-refractivity contribution in [1.82, 2.24) is 5.32 Å². The van der Waals surface area contributed by atoms with Crippen molar-refractivity contribution in [3.8, 4) is 0 Å². The topological polar surface area (TPSA) is 15.3 Å². The molecule has 2 atom stereocenters. The largest absolute Gasteiger partial charge is 0.364 e. The van der Waals surface area contributed by atoms with Gasteiger partial charge in [0.1, 0.15) is 0 Å². The number of nitrogens with one attached hydrogen (secondary N) is 1. The maximum Gasteiger partial charge on any atom is 0.0642 e. The van der Waals surface area contributed by atoms with Crippen molar-refractivity contribution in [3.05, 3.63) is 28.8 Å². The molecule has 0 spiro atoms. The number of aryl methyl sites for hydroxylation is 1.